The number of ether oxygens (including phenoxy) is 6. The molecule has 0 fully saturated rings. The SMILES string of the molecule is COc1ccc(OC)c([C@H]2OC(COc3ccc4c(c3)OCO4)=NN2C(C)=O)c1. The van der Waals surface area contributed by atoms with Gasteiger partial charge in [-0.3, -0.25) is 4.79 Å². The number of nitrogens with zero attached hydrogens (tertiary/aromatic N) is 2. The van der Waals surface area contributed by atoms with E-state index in [1.54, 1.807) is 50.6 Å². The van der Waals surface area contributed by atoms with E-state index < -0.39 is 6.23 Å². The van der Waals surface area contributed by atoms with Crippen molar-refractivity contribution in [1.29, 1.82) is 0 Å². The highest BCUT2D eigenvalue weighted by Gasteiger charge is 2.35. The second kappa shape index (κ2) is 7.78. The zero-order valence-corrected chi connectivity index (χ0v) is 16.2. The molecule has 0 N–H and O–H groups in total. The summed E-state index contributed by atoms with van der Waals surface area (Å²) >= 11 is 0. The Morgan fingerprint density at radius 2 is 1.90 bits per heavy atom. The molecule has 9 heteroatoms. The van der Waals surface area contributed by atoms with E-state index in [2.05, 4.69) is 5.10 Å². The molecule has 0 saturated heterocycles. The van der Waals surface area contributed by atoms with Crippen LogP contribution in [0.4, 0.5) is 0 Å². The van der Waals surface area contributed by atoms with E-state index in [4.69, 9.17) is 28.4 Å². The molecule has 152 valence electrons. The van der Waals surface area contributed by atoms with E-state index in [1.165, 1.54) is 11.9 Å². The Labute approximate surface area is 167 Å². The zero-order chi connectivity index (χ0) is 20.4. The molecule has 2 heterocycles. The molecule has 0 radical (unpaired) electrons. The number of carbonyl (C=O) groups is 1. The second-order valence-corrected chi connectivity index (χ2v) is 6.24. The van der Waals surface area contributed by atoms with Crippen molar-refractivity contribution >= 4 is 11.8 Å². The topological polar surface area (TPSA) is 88.1 Å². The minimum Gasteiger partial charge on any atom is -0.497 e. The van der Waals surface area contributed by atoms with Gasteiger partial charge in [0.15, 0.2) is 18.1 Å². The van der Waals surface area contributed by atoms with Crippen molar-refractivity contribution < 1.29 is 33.2 Å². The first-order valence-corrected chi connectivity index (χ1v) is 8.87. The first kappa shape index (κ1) is 18.7. The van der Waals surface area contributed by atoms with E-state index in [9.17, 15) is 4.79 Å². The van der Waals surface area contributed by atoms with Gasteiger partial charge in [0.25, 0.3) is 0 Å². The van der Waals surface area contributed by atoms with E-state index in [0.29, 0.717) is 34.3 Å². The van der Waals surface area contributed by atoms with Gasteiger partial charge in [0, 0.05) is 13.0 Å². The monoisotopic (exact) mass is 400 g/mol. The summed E-state index contributed by atoms with van der Waals surface area (Å²) in [6.07, 6.45) is -0.784. The summed E-state index contributed by atoms with van der Waals surface area (Å²) in [7, 11) is 3.11. The van der Waals surface area contributed by atoms with E-state index >= 15 is 0 Å². The number of carbonyl (C=O) groups excluding carboxylic acids is 1. The first-order chi connectivity index (χ1) is 14.1. The maximum Gasteiger partial charge on any atom is 0.247 e. The van der Waals surface area contributed by atoms with Gasteiger partial charge in [-0.15, -0.1) is 5.10 Å². The fourth-order valence-corrected chi connectivity index (χ4v) is 3.01. The van der Waals surface area contributed by atoms with Crippen LogP contribution in [-0.2, 0) is 9.53 Å². The van der Waals surface area contributed by atoms with Crippen molar-refractivity contribution in [3.63, 3.8) is 0 Å². The second-order valence-electron chi connectivity index (χ2n) is 6.24. The van der Waals surface area contributed by atoms with Crippen LogP contribution in [0, 0.1) is 0 Å². The number of fused-ring (bicyclic) bond motifs is 1. The maximum atomic E-state index is 12.1. The van der Waals surface area contributed by atoms with E-state index in [1.807, 2.05) is 0 Å². The summed E-state index contributed by atoms with van der Waals surface area (Å²) < 4.78 is 33.0. The summed E-state index contributed by atoms with van der Waals surface area (Å²) in [5.74, 6) is 2.98. The van der Waals surface area contributed by atoms with Gasteiger partial charge < -0.3 is 28.4 Å². The third kappa shape index (κ3) is 3.71. The molecule has 0 spiro atoms. The number of rotatable bonds is 6. The molecule has 1 atom stereocenters. The number of benzene rings is 2. The Bertz CT molecular complexity index is 960. The van der Waals surface area contributed by atoms with Gasteiger partial charge in [0.2, 0.25) is 24.8 Å². The lowest BCUT2D eigenvalue weighted by molar-refractivity contribution is -0.135. The van der Waals surface area contributed by atoms with Crippen LogP contribution in [0.15, 0.2) is 41.5 Å². The fourth-order valence-electron chi connectivity index (χ4n) is 3.01. The predicted octanol–water partition coefficient (Wildman–Crippen LogP) is 2.70. The molecular weight excluding hydrogens is 380 g/mol. The Hall–Kier alpha value is -3.62. The van der Waals surface area contributed by atoms with Gasteiger partial charge in [0.05, 0.1) is 19.8 Å². The van der Waals surface area contributed by atoms with Gasteiger partial charge >= 0.3 is 0 Å². The maximum absolute atomic E-state index is 12.1. The summed E-state index contributed by atoms with van der Waals surface area (Å²) in [5, 5.41) is 5.51. The Balaban J connectivity index is 1.52. The lowest BCUT2D eigenvalue weighted by Crippen LogP contribution is -2.25. The molecule has 29 heavy (non-hydrogen) atoms. The van der Waals surface area contributed by atoms with Gasteiger partial charge in [-0.1, -0.05) is 0 Å². The van der Waals surface area contributed by atoms with Crippen LogP contribution in [-0.4, -0.2) is 44.4 Å². The Morgan fingerprint density at radius 1 is 1.10 bits per heavy atom. The smallest absolute Gasteiger partial charge is 0.247 e. The van der Waals surface area contributed by atoms with Crippen LogP contribution < -0.4 is 23.7 Å². The van der Waals surface area contributed by atoms with Crippen LogP contribution in [0.1, 0.15) is 18.7 Å². The van der Waals surface area contributed by atoms with Crippen LogP contribution in [0.2, 0.25) is 0 Å². The van der Waals surface area contributed by atoms with Crippen LogP contribution in [0.3, 0.4) is 0 Å². The zero-order valence-electron chi connectivity index (χ0n) is 16.2. The van der Waals surface area contributed by atoms with Crippen molar-refractivity contribution in [2.24, 2.45) is 5.10 Å². The highest BCUT2D eigenvalue weighted by molar-refractivity contribution is 5.84. The average molecular weight is 400 g/mol. The van der Waals surface area contributed by atoms with Crippen LogP contribution in [0.5, 0.6) is 28.7 Å². The highest BCUT2D eigenvalue weighted by atomic mass is 16.7. The molecule has 2 aliphatic heterocycles. The summed E-state index contributed by atoms with van der Waals surface area (Å²) in [5.41, 5.74) is 0.615. The highest BCUT2D eigenvalue weighted by Crippen LogP contribution is 2.37. The van der Waals surface area contributed by atoms with Gasteiger partial charge in [-0.2, -0.15) is 5.01 Å². The molecule has 0 unspecified atom stereocenters. The number of hydrogen-bond acceptors (Lipinski definition) is 8. The molecule has 2 aromatic rings. The van der Waals surface area contributed by atoms with E-state index in [0.717, 1.165) is 0 Å². The van der Waals surface area contributed by atoms with Crippen molar-refractivity contribution in [2.45, 2.75) is 13.2 Å². The van der Waals surface area contributed by atoms with Gasteiger partial charge in [-0.25, -0.2) is 0 Å². The molecule has 2 aliphatic rings. The number of hydrogen-bond donors (Lipinski definition) is 0. The fraction of sp³-hybridized carbons (Fsp3) is 0.300. The van der Waals surface area contributed by atoms with Gasteiger partial charge in [-0.05, 0) is 30.3 Å². The quantitative estimate of drug-likeness (QED) is 0.737. The Morgan fingerprint density at radius 3 is 2.66 bits per heavy atom. The molecular formula is C20H20N2O7. The van der Waals surface area contributed by atoms with Gasteiger partial charge in [0.1, 0.15) is 17.2 Å². The standard InChI is InChI=1S/C20H20N2O7/c1-12(23)22-20(15-8-13(24-2)4-6-16(15)25-3)29-19(21-22)10-26-14-5-7-17-18(9-14)28-11-27-17/h4-9,20H,10-11H2,1-3H3/t20-/m1/s1. The molecule has 2 aromatic carbocycles. The molecule has 0 saturated carbocycles. The van der Waals surface area contributed by atoms with Crippen molar-refractivity contribution in [3.8, 4) is 28.7 Å². The summed E-state index contributed by atoms with van der Waals surface area (Å²) in [6, 6.07) is 10.5. The minimum absolute atomic E-state index is 0.0339. The Kier molecular flexibility index (Phi) is 5.03. The first-order valence-electron chi connectivity index (χ1n) is 8.87. The third-order valence-electron chi connectivity index (χ3n) is 4.42. The van der Waals surface area contributed by atoms with Crippen molar-refractivity contribution in [1.82, 2.24) is 5.01 Å². The number of methoxy groups -OCH3 is 2. The van der Waals surface area contributed by atoms with E-state index in [-0.39, 0.29) is 25.2 Å². The number of amides is 1. The van der Waals surface area contributed by atoms with Crippen LogP contribution >= 0.6 is 0 Å². The molecule has 0 aliphatic carbocycles. The normalized spacial score (nSPS) is 16.9. The molecule has 1 amide bonds. The molecule has 0 aromatic heterocycles. The predicted molar refractivity (Wildman–Crippen MR) is 101 cm³/mol. The average Bonchev–Trinajstić information content (AvgIpc) is 3.38. The lowest BCUT2D eigenvalue weighted by Gasteiger charge is -2.21. The minimum atomic E-state index is -0.784. The molecule has 0 bridgehead atoms. The summed E-state index contributed by atoms with van der Waals surface area (Å²) in [4.78, 5) is 12.1. The van der Waals surface area contributed by atoms with Crippen molar-refractivity contribution in [2.75, 3.05) is 27.6 Å². The molecule has 9 nitrogen and oxygen atoms in total. The lowest BCUT2D eigenvalue weighted by atomic mass is 10.1. The van der Waals surface area contributed by atoms with Crippen LogP contribution in [0.25, 0.3) is 0 Å². The third-order valence-corrected chi connectivity index (χ3v) is 4.42. The summed E-state index contributed by atoms with van der Waals surface area (Å²) in [6.45, 7) is 1.63. The number of hydrazone groups is 1. The van der Waals surface area contributed by atoms with Crippen molar-refractivity contribution in [3.05, 3.63) is 42.0 Å². The molecule has 4 rings (SSSR count). The largest absolute Gasteiger partial charge is 0.497 e.